The molecule has 2 rings (SSSR count). The lowest BCUT2D eigenvalue weighted by atomic mass is 10.1. The smallest absolute Gasteiger partial charge is 0.254 e. The number of nitrogen functional groups attached to an aromatic ring is 1. The first-order chi connectivity index (χ1) is 9.02. The Bertz CT molecular complexity index is 516. The molecule has 1 aromatic rings. The van der Waals surface area contributed by atoms with Gasteiger partial charge in [0.05, 0.1) is 7.11 Å². The number of anilines is 1. The Morgan fingerprint density at radius 3 is 2.89 bits per heavy atom. The summed E-state index contributed by atoms with van der Waals surface area (Å²) < 4.78 is 5.09. The molecule has 0 spiro atoms. The van der Waals surface area contributed by atoms with Crippen LogP contribution >= 0.6 is 0 Å². The summed E-state index contributed by atoms with van der Waals surface area (Å²) in [5.74, 6) is 0.167. The SMILES string of the molecule is COc1cc(N)cc(C(=O)N2CCNC(=O)C2C)c1. The maximum Gasteiger partial charge on any atom is 0.254 e. The third-order valence-corrected chi connectivity index (χ3v) is 3.17. The number of methoxy groups -OCH3 is 1. The molecule has 0 radical (unpaired) electrons. The van der Waals surface area contributed by atoms with Gasteiger partial charge in [0, 0.05) is 30.4 Å². The van der Waals surface area contributed by atoms with Gasteiger partial charge in [-0.05, 0) is 19.1 Å². The summed E-state index contributed by atoms with van der Waals surface area (Å²) in [4.78, 5) is 25.5. The number of benzene rings is 1. The van der Waals surface area contributed by atoms with Crippen LogP contribution in [0, 0.1) is 0 Å². The Hall–Kier alpha value is -2.24. The lowest BCUT2D eigenvalue weighted by Gasteiger charge is -2.32. The molecule has 1 aliphatic rings. The number of hydrogen-bond acceptors (Lipinski definition) is 4. The molecule has 1 atom stereocenters. The van der Waals surface area contributed by atoms with E-state index in [1.165, 1.54) is 12.0 Å². The molecule has 6 heteroatoms. The van der Waals surface area contributed by atoms with Crippen molar-refractivity contribution in [3.63, 3.8) is 0 Å². The van der Waals surface area contributed by atoms with E-state index < -0.39 is 6.04 Å². The van der Waals surface area contributed by atoms with Crippen molar-refractivity contribution in [2.75, 3.05) is 25.9 Å². The van der Waals surface area contributed by atoms with Crippen LogP contribution in [0.3, 0.4) is 0 Å². The first-order valence-corrected chi connectivity index (χ1v) is 6.06. The molecule has 1 heterocycles. The molecule has 1 saturated heterocycles. The van der Waals surface area contributed by atoms with E-state index in [2.05, 4.69) is 5.32 Å². The molecular formula is C13H17N3O3. The third kappa shape index (κ3) is 2.62. The van der Waals surface area contributed by atoms with Gasteiger partial charge in [-0.15, -0.1) is 0 Å². The van der Waals surface area contributed by atoms with E-state index in [4.69, 9.17) is 10.5 Å². The second kappa shape index (κ2) is 5.17. The van der Waals surface area contributed by atoms with Gasteiger partial charge in [-0.1, -0.05) is 0 Å². The zero-order chi connectivity index (χ0) is 14.0. The minimum Gasteiger partial charge on any atom is -0.497 e. The molecule has 19 heavy (non-hydrogen) atoms. The minimum absolute atomic E-state index is 0.143. The lowest BCUT2D eigenvalue weighted by molar-refractivity contribution is -0.127. The predicted molar refractivity (Wildman–Crippen MR) is 70.9 cm³/mol. The number of carbonyl (C=O) groups is 2. The molecule has 2 amide bonds. The van der Waals surface area contributed by atoms with Crippen molar-refractivity contribution in [2.45, 2.75) is 13.0 Å². The number of hydrogen-bond donors (Lipinski definition) is 2. The van der Waals surface area contributed by atoms with Gasteiger partial charge in [-0.3, -0.25) is 9.59 Å². The van der Waals surface area contributed by atoms with E-state index in [1.807, 2.05) is 0 Å². The number of nitrogens with two attached hydrogens (primary N) is 1. The zero-order valence-electron chi connectivity index (χ0n) is 11.0. The number of piperazine rings is 1. The fourth-order valence-corrected chi connectivity index (χ4v) is 2.09. The molecular weight excluding hydrogens is 246 g/mol. The number of ether oxygens (including phenoxy) is 1. The number of amides is 2. The normalized spacial score (nSPS) is 18.9. The molecule has 0 bridgehead atoms. The highest BCUT2D eigenvalue weighted by molar-refractivity contribution is 5.99. The molecule has 1 aromatic carbocycles. The second-order valence-corrected chi connectivity index (χ2v) is 4.46. The summed E-state index contributed by atoms with van der Waals surface area (Å²) in [5, 5.41) is 2.72. The number of nitrogens with zero attached hydrogens (tertiary/aromatic N) is 1. The van der Waals surface area contributed by atoms with Crippen molar-refractivity contribution in [3.05, 3.63) is 23.8 Å². The average molecular weight is 263 g/mol. The Balaban J connectivity index is 2.28. The standard InChI is InChI=1S/C13H17N3O3/c1-8-12(17)15-3-4-16(8)13(18)9-5-10(14)7-11(6-9)19-2/h5-8H,3-4,14H2,1-2H3,(H,15,17). The maximum atomic E-state index is 12.4. The zero-order valence-corrected chi connectivity index (χ0v) is 11.0. The maximum absolute atomic E-state index is 12.4. The Morgan fingerprint density at radius 1 is 1.47 bits per heavy atom. The van der Waals surface area contributed by atoms with E-state index in [-0.39, 0.29) is 11.8 Å². The van der Waals surface area contributed by atoms with Crippen molar-refractivity contribution in [2.24, 2.45) is 0 Å². The van der Waals surface area contributed by atoms with Crippen molar-refractivity contribution in [1.82, 2.24) is 10.2 Å². The summed E-state index contributed by atoms with van der Waals surface area (Å²) in [7, 11) is 1.51. The lowest BCUT2D eigenvalue weighted by Crippen LogP contribution is -2.55. The molecule has 1 fully saturated rings. The van der Waals surface area contributed by atoms with E-state index in [1.54, 1.807) is 25.1 Å². The number of rotatable bonds is 2. The van der Waals surface area contributed by atoms with Crippen LogP contribution in [0.2, 0.25) is 0 Å². The number of carbonyl (C=O) groups excluding carboxylic acids is 2. The van der Waals surface area contributed by atoms with Gasteiger partial charge < -0.3 is 20.7 Å². The van der Waals surface area contributed by atoms with Crippen LogP contribution in [0.15, 0.2) is 18.2 Å². The molecule has 6 nitrogen and oxygen atoms in total. The second-order valence-electron chi connectivity index (χ2n) is 4.46. The Labute approximate surface area is 111 Å². The minimum atomic E-state index is -0.478. The van der Waals surface area contributed by atoms with E-state index in [9.17, 15) is 9.59 Å². The van der Waals surface area contributed by atoms with Crippen LogP contribution in [0.1, 0.15) is 17.3 Å². The largest absolute Gasteiger partial charge is 0.497 e. The quantitative estimate of drug-likeness (QED) is 0.748. The van der Waals surface area contributed by atoms with E-state index in [0.717, 1.165) is 0 Å². The summed E-state index contributed by atoms with van der Waals surface area (Å²) in [6, 6.07) is 4.37. The van der Waals surface area contributed by atoms with Gasteiger partial charge in [0.2, 0.25) is 5.91 Å². The van der Waals surface area contributed by atoms with E-state index >= 15 is 0 Å². The molecule has 0 aliphatic carbocycles. The van der Waals surface area contributed by atoms with Crippen LogP contribution in [-0.4, -0.2) is 43.0 Å². The molecule has 0 aromatic heterocycles. The first-order valence-electron chi connectivity index (χ1n) is 6.06. The van der Waals surface area contributed by atoms with Gasteiger partial charge in [-0.2, -0.15) is 0 Å². The van der Waals surface area contributed by atoms with Crippen LogP contribution in [0.4, 0.5) is 5.69 Å². The van der Waals surface area contributed by atoms with Crippen LogP contribution in [0.25, 0.3) is 0 Å². The van der Waals surface area contributed by atoms with Gasteiger partial charge in [0.25, 0.3) is 5.91 Å². The molecule has 1 unspecified atom stereocenters. The van der Waals surface area contributed by atoms with E-state index in [0.29, 0.717) is 30.1 Å². The van der Waals surface area contributed by atoms with Gasteiger partial charge in [0.1, 0.15) is 11.8 Å². The fraction of sp³-hybridized carbons (Fsp3) is 0.385. The van der Waals surface area contributed by atoms with Crippen molar-refractivity contribution >= 4 is 17.5 Å². The molecule has 3 N–H and O–H groups in total. The Kier molecular flexibility index (Phi) is 3.59. The Morgan fingerprint density at radius 2 is 2.21 bits per heavy atom. The number of nitrogens with one attached hydrogen (secondary N) is 1. The highest BCUT2D eigenvalue weighted by atomic mass is 16.5. The van der Waals surface area contributed by atoms with Gasteiger partial charge in [0.15, 0.2) is 0 Å². The third-order valence-electron chi connectivity index (χ3n) is 3.17. The summed E-state index contributed by atoms with van der Waals surface area (Å²) >= 11 is 0. The first kappa shape index (κ1) is 13.2. The summed E-state index contributed by atoms with van der Waals surface area (Å²) in [5.41, 5.74) is 6.62. The van der Waals surface area contributed by atoms with Crippen molar-refractivity contribution < 1.29 is 14.3 Å². The molecule has 0 saturated carbocycles. The molecule has 102 valence electrons. The fourth-order valence-electron chi connectivity index (χ4n) is 2.09. The van der Waals surface area contributed by atoms with Crippen LogP contribution in [0.5, 0.6) is 5.75 Å². The highest BCUT2D eigenvalue weighted by Crippen LogP contribution is 2.21. The summed E-state index contributed by atoms with van der Waals surface area (Å²) in [6.45, 7) is 2.66. The van der Waals surface area contributed by atoms with Gasteiger partial charge >= 0.3 is 0 Å². The average Bonchev–Trinajstić information content (AvgIpc) is 2.40. The monoisotopic (exact) mass is 263 g/mol. The van der Waals surface area contributed by atoms with Gasteiger partial charge in [-0.25, -0.2) is 0 Å². The summed E-state index contributed by atoms with van der Waals surface area (Å²) in [6.07, 6.45) is 0. The van der Waals surface area contributed by atoms with Crippen molar-refractivity contribution in [3.8, 4) is 5.75 Å². The highest BCUT2D eigenvalue weighted by Gasteiger charge is 2.30. The van der Waals surface area contributed by atoms with Crippen molar-refractivity contribution in [1.29, 1.82) is 0 Å². The van der Waals surface area contributed by atoms with Crippen LogP contribution < -0.4 is 15.8 Å². The molecule has 1 aliphatic heterocycles. The predicted octanol–water partition coefficient (Wildman–Crippen LogP) is 0.238. The topological polar surface area (TPSA) is 84.7 Å². The van der Waals surface area contributed by atoms with Crippen LogP contribution in [-0.2, 0) is 4.79 Å².